The lowest BCUT2D eigenvalue weighted by molar-refractivity contribution is -0.116. The van der Waals surface area contributed by atoms with Crippen LogP contribution in [0.15, 0.2) is 36.9 Å². The molecule has 0 radical (unpaired) electrons. The molecule has 0 unspecified atom stereocenters. The van der Waals surface area contributed by atoms with Gasteiger partial charge in [0, 0.05) is 45.2 Å². The number of aryl methyl sites for hydroxylation is 1. The molecule has 2 N–H and O–H groups in total. The summed E-state index contributed by atoms with van der Waals surface area (Å²) in [6.07, 6.45) is 6.55. The van der Waals surface area contributed by atoms with Crippen molar-refractivity contribution in [2.75, 3.05) is 22.6 Å². The van der Waals surface area contributed by atoms with Crippen molar-refractivity contribution in [1.29, 1.82) is 0 Å². The largest absolute Gasteiger partial charge is 0.323 e. The van der Waals surface area contributed by atoms with Gasteiger partial charge < -0.3 is 15.5 Å². The Kier molecular flexibility index (Phi) is 4.99. The van der Waals surface area contributed by atoms with Crippen LogP contribution in [0.25, 0.3) is 0 Å². The molecule has 0 bridgehead atoms. The predicted octanol–water partition coefficient (Wildman–Crippen LogP) is 2.73. The van der Waals surface area contributed by atoms with Gasteiger partial charge in [0.25, 0.3) is 0 Å². The van der Waals surface area contributed by atoms with Crippen LogP contribution in [-0.2, 0) is 11.8 Å². The molecule has 0 fully saturated rings. The number of anilines is 5. The van der Waals surface area contributed by atoms with Crippen LogP contribution in [-0.4, -0.2) is 37.7 Å². The van der Waals surface area contributed by atoms with E-state index in [4.69, 9.17) is 11.6 Å². The summed E-state index contributed by atoms with van der Waals surface area (Å²) >= 11 is 6.18. The van der Waals surface area contributed by atoms with E-state index in [1.807, 2.05) is 7.05 Å². The lowest BCUT2D eigenvalue weighted by atomic mass is 10.3. The quantitative estimate of drug-likeness (QED) is 0.710. The number of carbonyl (C=O) groups excluding carboxylic acids is 1. The van der Waals surface area contributed by atoms with Gasteiger partial charge in [-0.25, -0.2) is 9.97 Å². The second-order valence-electron chi connectivity index (χ2n) is 5.52. The molecule has 3 aromatic heterocycles. The molecule has 0 aliphatic carbocycles. The van der Waals surface area contributed by atoms with Crippen molar-refractivity contribution in [3.63, 3.8) is 0 Å². The number of carbonyl (C=O) groups is 1. The van der Waals surface area contributed by atoms with Gasteiger partial charge in [0.05, 0.1) is 18.1 Å². The van der Waals surface area contributed by atoms with Crippen molar-refractivity contribution < 1.29 is 4.79 Å². The maximum absolute atomic E-state index is 11.5. The molecular formula is C16H17ClN8O. The second-order valence-corrected chi connectivity index (χ2v) is 5.93. The molecule has 10 heteroatoms. The van der Waals surface area contributed by atoms with E-state index in [9.17, 15) is 4.79 Å². The first-order valence-electron chi connectivity index (χ1n) is 7.68. The smallest absolute Gasteiger partial charge is 0.229 e. The zero-order valence-corrected chi connectivity index (χ0v) is 15.2. The van der Waals surface area contributed by atoms with Crippen LogP contribution in [0, 0.1) is 0 Å². The molecule has 0 spiro atoms. The predicted molar refractivity (Wildman–Crippen MR) is 100 cm³/mol. The van der Waals surface area contributed by atoms with Gasteiger partial charge in [-0.2, -0.15) is 10.1 Å². The molecule has 0 atom stereocenters. The Morgan fingerprint density at radius 1 is 1.27 bits per heavy atom. The average molecular weight is 373 g/mol. The number of nitrogens with one attached hydrogen (secondary N) is 2. The van der Waals surface area contributed by atoms with E-state index in [2.05, 4.69) is 30.7 Å². The molecule has 0 saturated carbocycles. The normalized spacial score (nSPS) is 10.5. The van der Waals surface area contributed by atoms with Crippen molar-refractivity contribution in [3.05, 3.63) is 41.9 Å². The Balaban J connectivity index is 1.82. The molecular weight excluding hydrogens is 356 g/mol. The number of hydrogen-bond acceptors (Lipinski definition) is 7. The monoisotopic (exact) mass is 372 g/mol. The van der Waals surface area contributed by atoms with Crippen LogP contribution < -0.4 is 15.5 Å². The Labute approximate surface area is 155 Å². The summed E-state index contributed by atoms with van der Waals surface area (Å²) in [5.74, 6) is 1.18. The average Bonchev–Trinajstić information content (AvgIpc) is 3.02. The van der Waals surface area contributed by atoms with Crippen molar-refractivity contribution in [2.45, 2.75) is 6.92 Å². The summed E-state index contributed by atoms with van der Waals surface area (Å²) in [4.78, 5) is 25.8. The first-order chi connectivity index (χ1) is 12.4. The summed E-state index contributed by atoms with van der Waals surface area (Å²) in [5.41, 5.74) is 1.46. The minimum Gasteiger partial charge on any atom is -0.323 e. The van der Waals surface area contributed by atoms with E-state index in [1.54, 1.807) is 42.5 Å². The molecule has 0 aliphatic heterocycles. The summed E-state index contributed by atoms with van der Waals surface area (Å²) in [6, 6.07) is 3.47. The van der Waals surface area contributed by atoms with Crippen LogP contribution in [0.4, 0.5) is 29.0 Å². The fourth-order valence-electron chi connectivity index (χ4n) is 2.13. The second kappa shape index (κ2) is 7.36. The number of halogens is 1. The lowest BCUT2D eigenvalue weighted by Gasteiger charge is -2.16. The number of aromatic nitrogens is 5. The Morgan fingerprint density at radius 2 is 2.08 bits per heavy atom. The molecule has 0 aliphatic rings. The molecule has 3 rings (SSSR count). The minimum absolute atomic E-state index is 0.0785. The number of nitrogens with zero attached hydrogens (tertiary/aromatic N) is 6. The molecule has 3 aromatic rings. The lowest BCUT2D eigenvalue weighted by Crippen LogP contribution is -2.22. The zero-order valence-electron chi connectivity index (χ0n) is 14.4. The van der Waals surface area contributed by atoms with E-state index in [0.717, 1.165) is 5.69 Å². The third-order valence-electron chi connectivity index (χ3n) is 3.55. The fourth-order valence-corrected chi connectivity index (χ4v) is 2.27. The first kappa shape index (κ1) is 17.6. The van der Waals surface area contributed by atoms with Crippen LogP contribution in [0.3, 0.4) is 0 Å². The molecule has 0 saturated heterocycles. The maximum Gasteiger partial charge on any atom is 0.229 e. The Morgan fingerprint density at radius 3 is 2.77 bits per heavy atom. The standard InChI is InChI=1S/C16H17ClN8O/c1-10(26)25(3)12-4-5-18-14(6-12)22-15-13(17)8-19-16(23-15)21-11-7-20-24(2)9-11/h4-9H,1-3H3,(H2,18,19,21,22,23). The first-order valence-corrected chi connectivity index (χ1v) is 8.06. The third kappa shape index (κ3) is 4.06. The van der Waals surface area contributed by atoms with Gasteiger partial charge in [0.1, 0.15) is 10.8 Å². The molecule has 26 heavy (non-hydrogen) atoms. The van der Waals surface area contributed by atoms with Gasteiger partial charge in [0.2, 0.25) is 11.9 Å². The van der Waals surface area contributed by atoms with Gasteiger partial charge in [-0.15, -0.1) is 0 Å². The number of hydrogen-bond donors (Lipinski definition) is 2. The van der Waals surface area contributed by atoms with Gasteiger partial charge >= 0.3 is 0 Å². The summed E-state index contributed by atoms with van der Waals surface area (Å²) in [7, 11) is 3.51. The van der Waals surface area contributed by atoms with Crippen molar-refractivity contribution in [1.82, 2.24) is 24.7 Å². The highest BCUT2D eigenvalue weighted by Gasteiger charge is 2.10. The summed E-state index contributed by atoms with van der Waals surface area (Å²) in [6.45, 7) is 1.49. The van der Waals surface area contributed by atoms with Gasteiger partial charge in [-0.1, -0.05) is 11.6 Å². The maximum atomic E-state index is 11.5. The molecule has 134 valence electrons. The van der Waals surface area contributed by atoms with Crippen molar-refractivity contribution in [2.24, 2.45) is 7.05 Å². The Hall–Kier alpha value is -3.20. The van der Waals surface area contributed by atoms with Crippen molar-refractivity contribution in [3.8, 4) is 0 Å². The van der Waals surface area contributed by atoms with Crippen molar-refractivity contribution >= 4 is 46.5 Å². The number of rotatable bonds is 5. The fraction of sp³-hybridized carbons (Fsp3) is 0.188. The summed E-state index contributed by atoms with van der Waals surface area (Å²) in [5, 5.41) is 10.5. The van der Waals surface area contributed by atoms with Gasteiger partial charge in [-0.05, 0) is 6.07 Å². The third-order valence-corrected chi connectivity index (χ3v) is 3.83. The van der Waals surface area contributed by atoms with Gasteiger partial charge in [-0.3, -0.25) is 9.48 Å². The van der Waals surface area contributed by atoms with Crippen LogP contribution in [0.1, 0.15) is 6.92 Å². The van der Waals surface area contributed by atoms with Gasteiger partial charge in [0.15, 0.2) is 5.82 Å². The Bertz CT molecular complexity index is 942. The summed E-state index contributed by atoms with van der Waals surface area (Å²) < 4.78 is 1.67. The molecule has 1 amide bonds. The number of amides is 1. The molecule has 3 heterocycles. The SMILES string of the molecule is CC(=O)N(C)c1ccnc(Nc2nc(Nc3cnn(C)c3)ncc2Cl)c1. The minimum atomic E-state index is -0.0785. The molecule has 0 aromatic carbocycles. The van der Waals surface area contributed by atoms with E-state index in [1.165, 1.54) is 18.0 Å². The highest BCUT2D eigenvalue weighted by atomic mass is 35.5. The van der Waals surface area contributed by atoms with E-state index >= 15 is 0 Å². The van der Waals surface area contributed by atoms with Crippen LogP contribution >= 0.6 is 11.6 Å². The number of pyridine rings is 1. The van der Waals surface area contributed by atoms with E-state index < -0.39 is 0 Å². The highest BCUT2D eigenvalue weighted by molar-refractivity contribution is 6.32. The molecule has 9 nitrogen and oxygen atoms in total. The van der Waals surface area contributed by atoms with E-state index in [-0.39, 0.29) is 5.91 Å². The van der Waals surface area contributed by atoms with E-state index in [0.29, 0.717) is 28.3 Å². The zero-order chi connectivity index (χ0) is 18.7. The van der Waals surface area contributed by atoms with Crippen LogP contribution in [0.5, 0.6) is 0 Å². The van der Waals surface area contributed by atoms with Crippen LogP contribution in [0.2, 0.25) is 5.02 Å². The topological polar surface area (TPSA) is 101 Å². The highest BCUT2D eigenvalue weighted by Crippen LogP contribution is 2.25.